The van der Waals surface area contributed by atoms with Gasteiger partial charge in [0.05, 0.1) is 12.8 Å². The first kappa shape index (κ1) is 14.1. The topological polar surface area (TPSA) is 74.8 Å². The Kier molecular flexibility index (Phi) is 4.26. The molecule has 0 spiro atoms. The van der Waals surface area contributed by atoms with Crippen molar-refractivity contribution in [3.05, 3.63) is 0 Å². The smallest absolute Gasteiger partial charge is 0.240 e. The zero-order valence-corrected chi connectivity index (χ0v) is 11.2. The van der Waals surface area contributed by atoms with Crippen LogP contribution in [0.25, 0.3) is 0 Å². The van der Waals surface area contributed by atoms with E-state index in [0.717, 1.165) is 17.0 Å². The van der Waals surface area contributed by atoms with Crippen molar-refractivity contribution in [2.75, 3.05) is 26.4 Å². The molecule has 17 heavy (non-hydrogen) atoms. The van der Waals surface area contributed by atoms with Gasteiger partial charge in [-0.25, -0.2) is 8.42 Å². The Bertz CT molecular complexity index is 418. The third-order valence-electron chi connectivity index (χ3n) is 2.78. The van der Waals surface area contributed by atoms with E-state index in [0.29, 0.717) is 13.0 Å². The highest BCUT2D eigenvalue weighted by atomic mass is 32.2. The van der Waals surface area contributed by atoms with Gasteiger partial charge in [0.25, 0.3) is 0 Å². The summed E-state index contributed by atoms with van der Waals surface area (Å²) in [7, 11) is -1.91. The van der Waals surface area contributed by atoms with Crippen LogP contribution in [0, 0.1) is 0 Å². The third-order valence-corrected chi connectivity index (χ3v) is 4.02. The second-order valence-corrected chi connectivity index (χ2v) is 6.36. The van der Waals surface area contributed by atoms with Gasteiger partial charge < -0.3 is 4.90 Å². The van der Waals surface area contributed by atoms with Gasteiger partial charge in [-0.1, -0.05) is 0 Å². The molecule has 0 unspecified atom stereocenters. The average molecular weight is 262 g/mol. The first-order valence-electron chi connectivity index (χ1n) is 5.44. The molecule has 0 bridgehead atoms. The Labute approximate surface area is 102 Å². The fourth-order valence-electron chi connectivity index (χ4n) is 1.96. The van der Waals surface area contributed by atoms with Gasteiger partial charge in [0.1, 0.15) is 11.8 Å². The summed E-state index contributed by atoms with van der Waals surface area (Å²) in [4.78, 5) is 24.5. The molecule has 0 aromatic rings. The molecule has 1 rings (SSSR count). The number of piperidine rings is 1. The van der Waals surface area contributed by atoms with Crippen LogP contribution in [0.15, 0.2) is 0 Å². The largest absolute Gasteiger partial charge is 0.344 e. The lowest BCUT2D eigenvalue weighted by Gasteiger charge is -2.35. The van der Waals surface area contributed by atoms with Crippen LogP contribution >= 0.6 is 0 Å². The molecule has 1 fully saturated rings. The Morgan fingerprint density at radius 3 is 2.59 bits per heavy atom. The minimum Gasteiger partial charge on any atom is -0.344 e. The van der Waals surface area contributed by atoms with Crippen LogP contribution in [-0.2, 0) is 19.6 Å². The van der Waals surface area contributed by atoms with Gasteiger partial charge in [0.15, 0.2) is 0 Å². The van der Waals surface area contributed by atoms with Gasteiger partial charge in [0.2, 0.25) is 15.9 Å². The molecule has 1 aliphatic rings. The zero-order chi connectivity index (χ0) is 13.2. The van der Waals surface area contributed by atoms with Crippen LogP contribution < -0.4 is 0 Å². The molecule has 1 aliphatic heterocycles. The van der Waals surface area contributed by atoms with E-state index in [-0.39, 0.29) is 18.2 Å². The lowest BCUT2D eigenvalue weighted by Crippen LogP contribution is -2.53. The first-order chi connectivity index (χ1) is 7.73. The van der Waals surface area contributed by atoms with Crippen molar-refractivity contribution in [2.45, 2.75) is 25.8 Å². The van der Waals surface area contributed by atoms with Crippen LogP contribution in [0.2, 0.25) is 0 Å². The number of sulfonamides is 1. The fraction of sp³-hybridized carbons (Fsp3) is 0.800. The van der Waals surface area contributed by atoms with Crippen molar-refractivity contribution < 1.29 is 18.0 Å². The fourth-order valence-corrected chi connectivity index (χ4v) is 3.03. The van der Waals surface area contributed by atoms with Crippen LogP contribution in [-0.4, -0.2) is 61.7 Å². The quantitative estimate of drug-likeness (QED) is 0.682. The van der Waals surface area contributed by atoms with E-state index in [2.05, 4.69) is 0 Å². The van der Waals surface area contributed by atoms with E-state index in [9.17, 15) is 18.0 Å². The number of carbonyl (C=O) groups is 2. The zero-order valence-electron chi connectivity index (χ0n) is 10.3. The molecule has 7 heteroatoms. The summed E-state index contributed by atoms with van der Waals surface area (Å²) >= 11 is 0. The summed E-state index contributed by atoms with van der Waals surface area (Å²) < 4.78 is 24.3. The Hall–Kier alpha value is -0.950. The number of likely N-dealkylation sites (N-methyl/N-ethyl adjacent to an activating group) is 1. The van der Waals surface area contributed by atoms with E-state index in [1.54, 1.807) is 7.05 Å². The lowest BCUT2D eigenvalue weighted by atomic mass is 10.1. The van der Waals surface area contributed by atoms with Gasteiger partial charge in [-0.05, 0) is 19.8 Å². The Morgan fingerprint density at radius 1 is 1.53 bits per heavy atom. The molecule has 0 aliphatic carbocycles. The maximum Gasteiger partial charge on any atom is 0.240 e. The predicted octanol–water partition coefficient (Wildman–Crippen LogP) is -0.542. The van der Waals surface area contributed by atoms with Crippen LogP contribution in [0.5, 0.6) is 0 Å². The normalized spacial score (nSPS) is 22.0. The molecular weight excluding hydrogens is 244 g/mol. The molecule has 0 saturated carbocycles. The molecule has 1 saturated heterocycles. The summed E-state index contributed by atoms with van der Waals surface area (Å²) in [5, 5.41) is 0. The molecule has 1 heterocycles. The van der Waals surface area contributed by atoms with Crippen molar-refractivity contribution in [1.29, 1.82) is 0 Å². The number of nitrogens with zero attached hydrogens (tertiary/aromatic N) is 2. The summed E-state index contributed by atoms with van der Waals surface area (Å²) in [6, 6.07) is -0.729. The number of Topliss-reactive ketones (excluding diaryl/α,β-unsaturated/α-hetero) is 1. The monoisotopic (exact) mass is 262 g/mol. The van der Waals surface area contributed by atoms with Crippen molar-refractivity contribution in [1.82, 2.24) is 9.21 Å². The van der Waals surface area contributed by atoms with Crippen LogP contribution in [0.1, 0.15) is 19.8 Å². The molecule has 0 aromatic carbocycles. The molecule has 0 aromatic heterocycles. The average Bonchev–Trinajstić information content (AvgIpc) is 2.17. The summed E-state index contributed by atoms with van der Waals surface area (Å²) in [6.45, 7) is 1.71. The molecule has 1 atom stereocenters. The highest BCUT2D eigenvalue weighted by molar-refractivity contribution is 7.88. The van der Waals surface area contributed by atoms with Crippen molar-refractivity contribution in [3.63, 3.8) is 0 Å². The van der Waals surface area contributed by atoms with Crippen molar-refractivity contribution in [3.8, 4) is 0 Å². The highest BCUT2D eigenvalue weighted by Gasteiger charge is 2.36. The molecule has 98 valence electrons. The summed E-state index contributed by atoms with van der Waals surface area (Å²) in [5.41, 5.74) is 0. The van der Waals surface area contributed by atoms with E-state index >= 15 is 0 Å². The molecular formula is C10H18N2O4S. The second-order valence-electron chi connectivity index (χ2n) is 4.43. The lowest BCUT2D eigenvalue weighted by molar-refractivity contribution is -0.137. The van der Waals surface area contributed by atoms with Crippen molar-refractivity contribution >= 4 is 21.7 Å². The maximum absolute atomic E-state index is 11.9. The number of hydrogen-bond donors (Lipinski definition) is 0. The Morgan fingerprint density at radius 2 is 2.12 bits per heavy atom. The number of hydrogen-bond acceptors (Lipinski definition) is 4. The molecule has 6 nitrogen and oxygen atoms in total. The molecule has 1 amide bonds. The van der Waals surface area contributed by atoms with E-state index in [1.807, 2.05) is 0 Å². The van der Waals surface area contributed by atoms with E-state index in [4.69, 9.17) is 0 Å². The highest BCUT2D eigenvalue weighted by Crippen LogP contribution is 2.18. The van der Waals surface area contributed by atoms with Crippen molar-refractivity contribution in [2.24, 2.45) is 0 Å². The minimum atomic E-state index is -3.55. The predicted molar refractivity (Wildman–Crippen MR) is 62.9 cm³/mol. The number of rotatable bonds is 4. The van der Waals surface area contributed by atoms with Gasteiger partial charge in [0, 0.05) is 13.6 Å². The SMILES string of the molecule is CC(=O)CN([C@H]1CCCN(C)C1=O)S(C)(=O)=O. The number of ketones is 1. The molecule has 0 N–H and O–H groups in total. The van der Waals surface area contributed by atoms with Crippen LogP contribution in [0.3, 0.4) is 0 Å². The van der Waals surface area contributed by atoms with E-state index in [1.165, 1.54) is 11.8 Å². The standard InChI is InChI=1S/C10H18N2O4S/c1-8(13)7-12(17(3,15)16)9-5-4-6-11(2)10(9)14/h9H,4-7H2,1-3H3/t9-/m0/s1. The first-order valence-corrected chi connectivity index (χ1v) is 7.29. The number of carbonyl (C=O) groups excluding carboxylic acids is 2. The second kappa shape index (κ2) is 5.14. The van der Waals surface area contributed by atoms with Crippen LogP contribution in [0.4, 0.5) is 0 Å². The summed E-state index contributed by atoms with van der Waals surface area (Å²) in [5.74, 6) is -0.501. The summed E-state index contributed by atoms with van der Waals surface area (Å²) in [6.07, 6.45) is 2.25. The Balaban J connectivity index is 2.97. The minimum absolute atomic E-state index is 0.233. The molecule has 0 radical (unpaired) electrons. The third kappa shape index (κ3) is 3.50. The number of likely N-dealkylation sites (tertiary alicyclic amines) is 1. The van der Waals surface area contributed by atoms with Gasteiger partial charge in [-0.3, -0.25) is 9.59 Å². The maximum atomic E-state index is 11.9. The number of amides is 1. The van der Waals surface area contributed by atoms with E-state index < -0.39 is 16.1 Å². The van der Waals surface area contributed by atoms with Gasteiger partial charge in [-0.2, -0.15) is 4.31 Å². The van der Waals surface area contributed by atoms with Gasteiger partial charge in [-0.15, -0.1) is 0 Å². The van der Waals surface area contributed by atoms with Gasteiger partial charge >= 0.3 is 0 Å².